The molecule has 0 heterocycles. The Labute approximate surface area is 129 Å². The maximum Gasteiger partial charge on any atom is 0.184 e. The van der Waals surface area contributed by atoms with Crippen LogP contribution in [0, 0.1) is 28.1 Å². The van der Waals surface area contributed by atoms with Crippen molar-refractivity contribution in [2.45, 2.75) is 16.1 Å². The van der Waals surface area contributed by atoms with E-state index in [1.54, 1.807) is 42.5 Å². The second-order valence-corrected chi connectivity index (χ2v) is 7.33. The molecule has 5 heteroatoms. The van der Waals surface area contributed by atoms with Gasteiger partial charge in [0.2, 0.25) is 0 Å². The van der Waals surface area contributed by atoms with Crippen LogP contribution >= 0.6 is 0 Å². The zero-order valence-corrected chi connectivity index (χ0v) is 12.4. The van der Waals surface area contributed by atoms with Gasteiger partial charge in [-0.1, -0.05) is 48.5 Å². The first-order chi connectivity index (χ1) is 10.6. The molecule has 2 aromatic rings. The van der Waals surface area contributed by atoms with Gasteiger partial charge >= 0.3 is 0 Å². The molecule has 1 saturated carbocycles. The molecule has 2 aromatic carbocycles. The highest BCUT2D eigenvalue weighted by Crippen LogP contribution is 2.63. The molecule has 22 heavy (non-hydrogen) atoms. The van der Waals surface area contributed by atoms with E-state index in [1.165, 1.54) is 12.1 Å². The Bertz CT molecular complexity index is 864. The van der Waals surface area contributed by atoms with E-state index in [0.717, 1.165) is 0 Å². The van der Waals surface area contributed by atoms with Gasteiger partial charge in [0.05, 0.1) is 17.0 Å². The summed E-state index contributed by atoms with van der Waals surface area (Å²) >= 11 is 0. The minimum Gasteiger partial charge on any atom is -0.223 e. The summed E-state index contributed by atoms with van der Waals surface area (Å²) in [7, 11) is -3.74. The Morgan fingerprint density at radius 1 is 0.864 bits per heavy atom. The fraction of sp³-hybridized carbons (Fsp3) is 0.176. The largest absolute Gasteiger partial charge is 0.223 e. The molecular weight excluding hydrogens is 296 g/mol. The van der Waals surface area contributed by atoms with Crippen molar-refractivity contribution in [3.05, 3.63) is 66.2 Å². The highest BCUT2D eigenvalue weighted by molar-refractivity contribution is 7.92. The molecule has 1 aliphatic rings. The van der Waals surface area contributed by atoms with Crippen LogP contribution in [0.4, 0.5) is 0 Å². The summed E-state index contributed by atoms with van der Waals surface area (Å²) in [6.45, 7) is 0. The minimum atomic E-state index is -3.74. The van der Waals surface area contributed by atoms with Crippen LogP contribution in [0.3, 0.4) is 0 Å². The van der Waals surface area contributed by atoms with Crippen LogP contribution in [0.15, 0.2) is 65.6 Å². The van der Waals surface area contributed by atoms with Gasteiger partial charge < -0.3 is 0 Å². The molecule has 0 unspecified atom stereocenters. The molecule has 0 amide bonds. The quantitative estimate of drug-likeness (QED) is 0.873. The van der Waals surface area contributed by atoms with Gasteiger partial charge in [-0.15, -0.1) is 0 Å². The summed E-state index contributed by atoms with van der Waals surface area (Å²) in [4.78, 5) is 0.147. The van der Waals surface area contributed by atoms with Crippen LogP contribution in [0.1, 0.15) is 11.5 Å². The zero-order chi connectivity index (χ0) is 15.8. The van der Waals surface area contributed by atoms with Crippen molar-refractivity contribution in [3.8, 4) is 12.1 Å². The first-order valence-corrected chi connectivity index (χ1v) is 8.29. The van der Waals surface area contributed by atoms with Gasteiger partial charge in [-0.25, -0.2) is 8.42 Å². The van der Waals surface area contributed by atoms with Crippen molar-refractivity contribution in [1.82, 2.24) is 0 Å². The lowest BCUT2D eigenvalue weighted by Gasteiger charge is -2.03. The predicted octanol–water partition coefficient (Wildman–Crippen LogP) is 2.66. The fourth-order valence-corrected chi connectivity index (χ4v) is 5.15. The molecule has 0 saturated heterocycles. The highest BCUT2D eigenvalue weighted by Gasteiger charge is 2.73. The Morgan fingerprint density at radius 3 is 1.86 bits per heavy atom. The molecule has 3 rings (SSSR count). The van der Waals surface area contributed by atoms with Crippen LogP contribution in [0.2, 0.25) is 0 Å². The second-order valence-electron chi connectivity index (χ2n) is 5.26. The fourth-order valence-electron chi connectivity index (χ4n) is 2.93. The van der Waals surface area contributed by atoms with E-state index >= 15 is 0 Å². The van der Waals surface area contributed by atoms with E-state index in [-0.39, 0.29) is 4.90 Å². The van der Waals surface area contributed by atoms with Crippen LogP contribution in [-0.4, -0.2) is 13.7 Å². The molecule has 0 aliphatic heterocycles. The van der Waals surface area contributed by atoms with Crippen molar-refractivity contribution in [2.24, 2.45) is 5.41 Å². The Balaban J connectivity index is 2.11. The van der Waals surface area contributed by atoms with E-state index < -0.39 is 26.4 Å². The molecule has 0 spiro atoms. The van der Waals surface area contributed by atoms with Gasteiger partial charge in [-0.05, 0) is 17.7 Å². The summed E-state index contributed by atoms with van der Waals surface area (Å²) in [6.07, 6.45) is 0. The van der Waals surface area contributed by atoms with Gasteiger partial charge in [0.25, 0.3) is 0 Å². The molecule has 4 nitrogen and oxygen atoms in total. The predicted molar refractivity (Wildman–Crippen MR) is 80.3 cm³/mol. The monoisotopic (exact) mass is 308 g/mol. The van der Waals surface area contributed by atoms with E-state index in [1.807, 2.05) is 18.2 Å². The molecular formula is C17H12N2O2S. The Morgan fingerprint density at radius 2 is 1.36 bits per heavy atom. The van der Waals surface area contributed by atoms with Gasteiger partial charge in [0.15, 0.2) is 15.3 Å². The lowest BCUT2D eigenvalue weighted by atomic mass is 10.0. The summed E-state index contributed by atoms with van der Waals surface area (Å²) in [5.74, 6) is -0.617. The number of nitrogens with zero attached hydrogens (tertiary/aromatic N) is 2. The number of hydrogen-bond acceptors (Lipinski definition) is 4. The first kappa shape index (κ1) is 14.3. The van der Waals surface area contributed by atoms with E-state index in [4.69, 9.17) is 0 Å². The van der Waals surface area contributed by atoms with Crippen molar-refractivity contribution in [1.29, 1.82) is 10.5 Å². The molecule has 1 aliphatic carbocycles. The SMILES string of the molecule is N#CC1(C#N)[C@H](c2ccccc2)[C@@H]1S(=O)(=O)c1ccccc1. The normalized spacial score (nSPS) is 22.3. The third-order valence-corrected chi connectivity index (χ3v) is 6.31. The summed E-state index contributed by atoms with van der Waals surface area (Å²) in [6, 6.07) is 20.7. The topological polar surface area (TPSA) is 81.7 Å². The second kappa shape index (κ2) is 4.98. The maximum absolute atomic E-state index is 12.8. The summed E-state index contributed by atoms with van der Waals surface area (Å²) in [5.41, 5.74) is -0.814. The number of benzene rings is 2. The lowest BCUT2D eigenvalue weighted by Crippen LogP contribution is -2.14. The van der Waals surface area contributed by atoms with Crippen LogP contribution < -0.4 is 0 Å². The van der Waals surface area contributed by atoms with Crippen molar-refractivity contribution in [3.63, 3.8) is 0 Å². The minimum absolute atomic E-state index is 0.147. The van der Waals surface area contributed by atoms with Crippen molar-refractivity contribution in [2.75, 3.05) is 0 Å². The van der Waals surface area contributed by atoms with Crippen LogP contribution in [0.25, 0.3) is 0 Å². The highest BCUT2D eigenvalue weighted by atomic mass is 32.2. The average Bonchev–Trinajstić information content (AvgIpc) is 3.27. The van der Waals surface area contributed by atoms with Gasteiger partial charge in [-0.3, -0.25) is 0 Å². The van der Waals surface area contributed by atoms with Crippen LogP contribution in [-0.2, 0) is 9.84 Å². The lowest BCUT2D eigenvalue weighted by molar-refractivity contribution is 0.591. The molecule has 108 valence electrons. The van der Waals surface area contributed by atoms with Crippen molar-refractivity contribution < 1.29 is 8.42 Å². The van der Waals surface area contributed by atoms with Gasteiger partial charge in [0, 0.05) is 5.92 Å². The van der Waals surface area contributed by atoms with E-state index in [0.29, 0.717) is 5.56 Å². The van der Waals surface area contributed by atoms with Crippen LogP contribution in [0.5, 0.6) is 0 Å². The molecule has 0 N–H and O–H groups in total. The molecule has 1 fully saturated rings. The van der Waals surface area contributed by atoms with E-state index in [9.17, 15) is 18.9 Å². The molecule has 0 aromatic heterocycles. The number of hydrogen-bond donors (Lipinski definition) is 0. The first-order valence-electron chi connectivity index (χ1n) is 6.74. The van der Waals surface area contributed by atoms with E-state index in [2.05, 4.69) is 0 Å². The summed E-state index contributed by atoms with van der Waals surface area (Å²) in [5, 5.41) is 17.8. The molecule has 0 bridgehead atoms. The third kappa shape index (κ3) is 1.91. The maximum atomic E-state index is 12.8. The number of rotatable bonds is 3. The smallest absolute Gasteiger partial charge is 0.184 e. The number of sulfone groups is 1. The Hall–Kier alpha value is -2.63. The number of nitriles is 2. The summed E-state index contributed by atoms with van der Waals surface area (Å²) < 4.78 is 25.6. The van der Waals surface area contributed by atoms with Gasteiger partial charge in [0.1, 0.15) is 5.25 Å². The zero-order valence-electron chi connectivity index (χ0n) is 11.5. The van der Waals surface area contributed by atoms with Gasteiger partial charge in [-0.2, -0.15) is 10.5 Å². The third-order valence-electron chi connectivity index (χ3n) is 4.07. The van der Waals surface area contributed by atoms with Crippen molar-refractivity contribution >= 4 is 9.84 Å². The molecule has 2 atom stereocenters. The molecule has 0 radical (unpaired) electrons. The standard InChI is InChI=1S/C17H12N2O2S/c18-11-17(12-19)15(13-7-3-1-4-8-13)16(17)22(20,21)14-9-5-2-6-10-14/h1-10,15-16H/t15-,16+/m1/s1. The average molecular weight is 308 g/mol. The Kier molecular flexibility index (Phi) is 3.24.